The van der Waals surface area contributed by atoms with Crippen molar-refractivity contribution in [3.8, 4) is 6.07 Å². The minimum Gasteiger partial charge on any atom is -0.295 e. The summed E-state index contributed by atoms with van der Waals surface area (Å²) in [6.45, 7) is 0. The molecule has 1 aliphatic rings. The van der Waals surface area contributed by atoms with Crippen LogP contribution in [0.5, 0.6) is 0 Å². The first-order valence-corrected chi connectivity index (χ1v) is 5.01. The van der Waals surface area contributed by atoms with Gasteiger partial charge in [-0.1, -0.05) is 18.2 Å². The third-order valence-corrected chi connectivity index (χ3v) is 2.46. The monoisotopic (exact) mass is 197 g/mol. The summed E-state index contributed by atoms with van der Waals surface area (Å²) in [5, 5.41) is 8.61. The van der Waals surface area contributed by atoms with Crippen LogP contribution in [0.15, 0.2) is 30.3 Å². The molecular formula is C13H11NO. The molecule has 74 valence electrons. The van der Waals surface area contributed by atoms with Crippen molar-refractivity contribution >= 4 is 11.9 Å². The Hall–Kier alpha value is -1.88. The van der Waals surface area contributed by atoms with Gasteiger partial charge in [0.2, 0.25) is 0 Å². The topological polar surface area (TPSA) is 40.9 Å². The SMILES string of the molecule is N#Cc1ccc(/C=C/C(=O)C2CC2)cc1. The van der Waals surface area contributed by atoms with Gasteiger partial charge in [-0.25, -0.2) is 0 Å². The van der Waals surface area contributed by atoms with Crippen LogP contribution in [0.25, 0.3) is 6.08 Å². The summed E-state index contributed by atoms with van der Waals surface area (Å²) in [7, 11) is 0. The zero-order valence-electron chi connectivity index (χ0n) is 8.31. The third-order valence-electron chi connectivity index (χ3n) is 2.46. The van der Waals surface area contributed by atoms with Gasteiger partial charge in [0.05, 0.1) is 11.6 Å². The van der Waals surface area contributed by atoms with Gasteiger partial charge in [0.15, 0.2) is 5.78 Å². The van der Waals surface area contributed by atoms with E-state index in [1.165, 1.54) is 0 Å². The number of nitriles is 1. The van der Waals surface area contributed by atoms with E-state index in [2.05, 4.69) is 6.07 Å². The fourth-order valence-corrected chi connectivity index (χ4v) is 1.35. The van der Waals surface area contributed by atoms with E-state index in [-0.39, 0.29) is 11.7 Å². The molecule has 0 unspecified atom stereocenters. The molecule has 1 saturated carbocycles. The average Bonchev–Trinajstić information content (AvgIpc) is 3.10. The van der Waals surface area contributed by atoms with E-state index in [0.29, 0.717) is 5.56 Å². The Labute approximate surface area is 88.8 Å². The van der Waals surface area contributed by atoms with E-state index in [1.54, 1.807) is 18.2 Å². The minimum absolute atomic E-state index is 0.222. The van der Waals surface area contributed by atoms with Crippen LogP contribution < -0.4 is 0 Å². The van der Waals surface area contributed by atoms with Crippen LogP contribution in [0, 0.1) is 17.2 Å². The molecule has 15 heavy (non-hydrogen) atoms. The van der Waals surface area contributed by atoms with Crippen molar-refractivity contribution in [3.63, 3.8) is 0 Å². The number of hydrogen-bond acceptors (Lipinski definition) is 2. The van der Waals surface area contributed by atoms with Crippen LogP contribution in [0.1, 0.15) is 24.0 Å². The van der Waals surface area contributed by atoms with E-state index in [1.807, 2.05) is 18.2 Å². The second-order valence-corrected chi connectivity index (χ2v) is 3.74. The van der Waals surface area contributed by atoms with Gasteiger partial charge in [-0.3, -0.25) is 4.79 Å². The minimum atomic E-state index is 0.222. The number of rotatable bonds is 3. The summed E-state index contributed by atoms with van der Waals surface area (Å²) in [4.78, 5) is 11.4. The van der Waals surface area contributed by atoms with E-state index >= 15 is 0 Å². The van der Waals surface area contributed by atoms with Gasteiger partial charge in [0.1, 0.15) is 0 Å². The summed E-state index contributed by atoms with van der Waals surface area (Å²) in [6, 6.07) is 9.24. The lowest BCUT2D eigenvalue weighted by atomic mass is 10.1. The van der Waals surface area contributed by atoms with Gasteiger partial charge in [-0.15, -0.1) is 0 Å². The highest BCUT2D eigenvalue weighted by atomic mass is 16.1. The van der Waals surface area contributed by atoms with Gasteiger partial charge in [-0.05, 0) is 36.6 Å². The normalized spacial score (nSPS) is 15.1. The summed E-state index contributed by atoms with van der Waals surface area (Å²) in [5.74, 6) is 0.499. The van der Waals surface area contributed by atoms with Crippen LogP contribution in [-0.4, -0.2) is 5.78 Å². The maximum Gasteiger partial charge on any atom is 0.158 e. The molecule has 0 spiro atoms. The molecule has 2 rings (SSSR count). The van der Waals surface area contributed by atoms with Crippen LogP contribution in [0.2, 0.25) is 0 Å². The lowest BCUT2D eigenvalue weighted by Crippen LogP contribution is -1.93. The summed E-state index contributed by atoms with van der Waals surface area (Å²) < 4.78 is 0. The van der Waals surface area contributed by atoms with E-state index in [4.69, 9.17) is 5.26 Å². The summed E-state index contributed by atoms with van der Waals surface area (Å²) in [5.41, 5.74) is 1.60. The molecule has 0 aliphatic heterocycles. The molecule has 0 aromatic heterocycles. The predicted molar refractivity (Wildman–Crippen MR) is 57.9 cm³/mol. The molecule has 2 heteroatoms. The molecule has 0 saturated heterocycles. The van der Waals surface area contributed by atoms with Gasteiger partial charge in [-0.2, -0.15) is 5.26 Å². The van der Waals surface area contributed by atoms with Crippen LogP contribution in [-0.2, 0) is 4.79 Å². The first-order valence-electron chi connectivity index (χ1n) is 5.01. The first kappa shape index (κ1) is 9.67. The molecule has 0 radical (unpaired) electrons. The molecule has 1 aromatic rings. The molecule has 1 aromatic carbocycles. The first-order chi connectivity index (χ1) is 7.29. The van der Waals surface area contributed by atoms with Crippen LogP contribution >= 0.6 is 0 Å². The maximum absolute atomic E-state index is 11.4. The highest BCUT2D eigenvalue weighted by Gasteiger charge is 2.27. The predicted octanol–water partition coefficient (Wildman–Crippen LogP) is 2.55. The van der Waals surface area contributed by atoms with Crippen molar-refractivity contribution in [1.29, 1.82) is 5.26 Å². The number of ketones is 1. The number of carbonyl (C=O) groups excluding carboxylic acids is 1. The molecular weight excluding hydrogens is 186 g/mol. The second-order valence-electron chi connectivity index (χ2n) is 3.74. The van der Waals surface area contributed by atoms with Gasteiger partial charge in [0, 0.05) is 5.92 Å². The molecule has 0 atom stereocenters. The Bertz CT molecular complexity index is 433. The molecule has 1 aliphatic carbocycles. The third kappa shape index (κ3) is 2.54. The van der Waals surface area contributed by atoms with Crippen LogP contribution in [0.3, 0.4) is 0 Å². The second kappa shape index (κ2) is 4.10. The highest BCUT2D eigenvalue weighted by Crippen LogP contribution is 2.30. The number of allylic oxidation sites excluding steroid dienone is 1. The molecule has 0 bridgehead atoms. The summed E-state index contributed by atoms with van der Waals surface area (Å²) in [6.07, 6.45) is 5.52. The van der Waals surface area contributed by atoms with Crippen molar-refractivity contribution in [2.45, 2.75) is 12.8 Å². The van der Waals surface area contributed by atoms with Gasteiger partial charge >= 0.3 is 0 Å². The van der Waals surface area contributed by atoms with Crippen LogP contribution in [0.4, 0.5) is 0 Å². The Morgan fingerprint density at radius 1 is 1.33 bits per heavy atom. The number of benzene rings is 1. The smallest absolute Gasteiger partial charge is 0.158 e. The number of hydrogen-bond donors (Lipinski definition) is 0. The van der Waals surface area contributed by atoms with Crippen molar-refractivity contribution in [3.05, 3.63) is 41.5 Å². The standard InChI is InChI=1S/C13H11NO/c14-9-11-3-1-10(2-4-11)5-8-13(15)12-6-7-12/h1-5,8,12H,6-7H2/b8-5+. The highest BCUT2D eigenvalue weighted by molar-refractivity contribution is 5.96. The maximum atomic E-state index is 11.4. The lowest BCUT2D eigenvalue weighted by molar-refractivity contribution is -0.115. The van der Waals surface area contributed by atoms with E-state index in [9.17, 15) is 4.79 Å². The van der Waals surface area contributed by atoms with Crippen molar-refractivity contribution in [2.24, 2.45) is 5.92 Å². The number of nitrogens with zero attached hydrogens (tertiary/aromatic N) is 1. The zero-order valence-corrected chi connectivity index (χ0v) is 8.31. The quantitative estimate of drug-likeness (QED) is 0.699. The van der Waals surface area contributed by atoms with E-state index < -0.39 is 0 Å². The fraction of sp³-hybridized carbons (Fsp3) is 0.231. The molecule has 0 amide bonds. The number of carbonyl (C=O) groups is 1. The summed E-state index contributed by atoms with van der Waals surface area (Å²) >= 11 is 0. The molecule has 0 N–H and O–H groups in total. The lowest BCUT2D eigenvalue weighted by Gasteiger charge is -1.92. The Kier molecular flexibility index (Phi) is 2.64. The molecule has 2 nitrogen and oxygen atoms in total. The zero-order chi connectivity index (χ0) is 10.7. The van der Waals surface area contributed by atoms with E-state index in [0.717, 1.165) is 18.4 Å². The van der Waals surface area contributed by atoms with Crippen molar-refractivity contribution < 1.29 is 4.79 Å². The average molecular weight is 197 g/mol. The largest absolute Gasteiger partial charge is 0.295 e. The van der Waals surface area contributed by atoms with Gasteiger partial charge < -0.3 is 0 Å². The Morgan fingerprint density at radius 2 is 2.00 bits per heavy atom. The molecule has 0 heterocycles. The Balaban J connectivity index is 2.04. The van der Waals surface area contributed by atoms with Gasteiger partial charge in [0.25, 0.3) is 0 Å². The fourth-order valence-electron chi connectivity index (χ4n) is 1.35. The Morgan fingerprint density at radius 3 is 2.53 bits per heavy atom. The van der Waals surface area contributed by atoms with Crippen molar-refractivity contribution in [1.82, 2.24) is 0 Å². The van der Waals surface area contributed by atoms with Crippen molar-refractivity contribution in [2.75, 3.05) is 0 Å². The molecule has 1 fully saturated rings.